The molecule has 0 aliphatic heterocycles. The molecular weight excluding hydrogens is 226 g/mol. The molecule has 3 nitrogen and oxygen atoms in total. The summed E-state index contributed by atoms with van der Waals surface area (Å²) in [6, 6.07) is 5.76. The number of rotatable bonds is 5. The summed E-state index contributed by atoms with van der Waals surface area (Å²) in [6.45, 7) is 4.72. The van der Waals surface area contributed by atoms with Crippen LogP contribution in [0.4, 0.5) is 5.69 Å². The van der Waals surface area contributed by atoms with Gasteiger partial charge in [-0.15, -0.1) is 0 Å². The minimum Gasteiger partial charge on any atom is -0.466 e. The Balaban J connectivity index is 2.40. The summed E-state index contributed by atoms with van der Waals surface area (Å²) >= 11 is 6.03. The summed E-state index contributed by atoms with van der Waals surface area (Å²) in [6.07, 6.45) is 0.345. The van der Waals surface area contributed by atoms with E-state index in [2.05, 4.69) is 5.32 Å². The molecule has 0 spiro atoms. The maximum absolute atomic E-state index is 11.1. The van der Waals surface area contributed by atoms with Gasteiger partial charge in [-0.3, -0.25) is 4.79 Å². The molecule has 0 atom stereocenters. The summed E-state index contributed by atoms with van der Waals surface area (Å²) in [5.41, 5.74) is 1.96. The Kier molecular flexibility index (Phi) is 5.12. The number of hydrogen-bond donors (Lipinski definition) is 1. The number of carbonyl (C=O) groups is 1. The summed E-state index contributed by atoms with van der Waals surface area (Å²) in [5.74, 6) is -0.196. The molecule has 1 N–H and O–H groups in total. The van der Waals surface area contributed by atoms with Crippen LogP contribution < -0.4 is 5.32 Å². The van der Waals surface area contributed by atoms with E-state index in [1.54, 1.807) is 6.92 Å². The van der Waals surface area contributed by atoms with Gasteiger partial charge in [-0.05, 0) is 31.5 Å². The molecule has 1 aromatic carbocycles. The first-order valence-corrected chi connectivity index (χ1v) is 5.67. The molecule has 16 heavy (non-hydrogen) atoms. The third-order valence-electron chi connectivity index (χ3n) is 2.07. The lowest BCUT2D eigenvalue weighted by Gasteiger charge is -2.08. The maximum atomic E-state index is 11.1. The highest BCUT2D eigenvalue weighted by atomic mass is 35.5. The highest BCUT2D eigenvalue weighted by Crippen LogP contribution is 2.22. The predicted octanol–water partition coefficient (Wildman–Crippen LogP) is 3.01. The van der Waals surface area contributed by atoms with Crippen LogP contribution in [0.2, 0.25) is 5.02 Å². The zero-order valence-electron chi connectivity index (χ0n) is 9.55. The van der Waals surface area contributed by atoms with Crippen molar-refractivity contribution in [3.8, 4) is 0 Å². The fourth-order valence-electron chi connectivity index (χ4n) is 1.30. The Morgan fingerprint density at radius 3 is 2.88 bits per heavy atom. The van der Waals surface area contributed by atoms with Crippen LogP contribution >= 0.6 is 11.6 Å². The first-order chi connectivity index (χ1) is 7.63. The van der Waals surface area contributed by atoms with Crippen LogP contribution in [0.1, 0.15) is 18.9 Å². The van der Waals surface area contributed by atoms with Crippen molar-refractivity contribution in [2.75, 3.05) is 18.5 Å². The SMILES string of the molecule is CCOC(=O)CCNc1ccc(C)cc1Cl. The van der Waals surface area contributed by atoms with Crippen molar-refractivity contribution in [2.24, 2.45) is 0 Å². The summed E-state index contributed by atoms with van der Waals surface area (Å²) in [7, 11) is 0. The van der Waals surface area contributed by atoms with Crippen molar-refractivity contribution in [1.29, 1.82) is 0 Å². The van der Waals surface area contributed by atoms with Crippen molar-refractivity contribution < 1.29 is 9.53 Å². The second-order valence-electron chi connectivity index (χ2n) is 3.47. The number of ether oxygens (including phenoxy) is 1. The van der Waals surface area contributed by atoms with Gasteiger partial charge in [-0.25, -0.2) is 0 Å². The molecule has 0 heterocycles. The van der Waals surface area contributed by atoms with E-state index in [1.807, 2.05) is 25.1 Å². The molecule has 0 saturated carbocycles. The van der Waals surface area contributed by atoms with E-state index in [0.29, 0.717) is 24.6 Å². The molecule has 0 radical (unpaired) electrons. The first-order valence-electron chi connectivity index (χ1n) is 5.29. The van der Waals surface area contributed by atoms with Gasteiger partial charge in [0.25, 0.3) is 0 Å². The van der Waals surface area contributed by atoms with Gasteiger partial charge in [0.05, 0.1) is 23.7 Å². The summed E-state index contributed by atoms with van der Waals surface area (Å²) < 4.78 is 4.82. The number of carbonyl (C=O) groups excluding carboxylic acids is 1. The second kappa shape index (κ2) is 6.38. The van der Waals surface area contributed by atoms with Gasteiger partial charge >= 0.3 is 5.97 Å². The average Bonchev–Trinajstić information content (AvgIpc) is 2.22. The van der Waals surface area contributed by atoms with Gasteiger partial charge in [-0.1, -0.05) is 17.7 Å². The Bertz CT molecular complexity index is 366. The third-order valence-corrected chi connectivity index (χ3v) is 2.39. The van der Waals surface area contributed by atoms with Crippen LogP contribution in [0.15, 0.2) is 18.2 Å². The summed E-state index contributed by atoms with van der Waals surface area (Å²) in [4.78, 5) is 11.1. The van der Waals surface area contributed by atoms with Crippen molar-refractivity contribution in [3.05, 3.63) is 28.8 Å². The summed E-state index contributed by atoms with van der Waals surface area (Å²) in [5, 5.41) is 3.77. The topological polar surface area (TPSA) is 38.3 Å². The van der Waals surface area contributed by atoms with Crippen LogP contribution in [0.5, 0.6) is 0 Å². The van der Waals surface area contributed by atoms with Crippen molar-refractivity contribution in [2.45, 2.75) is 20.3 Å². The zero-order valence-corrected chi connectivity index (χ0v) is 10.3. The number of halogens is 1. The minimum absolute atomic E-state index is 0.196. The van der Waals surface area contributed by atoms with Crippen molar-refractivity contribution in [1.82, 2.24) is 0 Å². The number of esters is 1. The molecule has 0 bridgehead atoms. The highest BCUT2D eigenvalue weighted by molar-refractivity contribution is 6.33. The first kappa shape index (κ1) is 12.8. The maximum Gasteiger partial charge on any atom is 0.307 e. The molecule has 0 fully saturated rings. The number of nitrogens with one attached hydrogen (secondary N) is 1. The fourth-order valence-corrected chi connectivity index (χ4v) is 1.60. The zero-order chi connectivity index (χ0) is 12.0. The molecule has 4 heteroatoms. The highest BCUT2D eigenvalue weighted by Gasteiger charge is 2.03. The molecule has 0 aliphatic carbocycles. The van der Waals surface area contributed by atoms with E-state index in [9.17, 15) is 4.79 Å². The van der Waals surface area contributed by atoms with E-state index in [4.69, 9.17) is 16.3 Å². The van der Waals surface area contributed by atoms with Crippen LogP contribution in [0.25, 0.3) is 0 Å². The number of benzene rings is 1. The van der Waals surface area contributed by atoms with Gasteiger partial charge in [0, 0.05) is 6.54 Å². The Morgan fingerprint density at radius 1 is 1.50 bits per heavy atom. The van der Waals surface area contributed by atoms with Gasteiger partial charge in [-0.2, -0.15) is 0 Å². The average molecular weight is 242 g/mol. The molecule has 1 rings (SSSR count). The lowest BCUT2D eigenvalue weighted by molar-refractivity contribution is -0.142. The van der Waals surface area contributed by atoms with Crippen LogP contribution in [-0.2, 0) is 9.53 Å². The van der Waals surface area contributed by atoms with Gasteiger partial charge < -0.3 is 10.1 Å². The van der Waals surface area contributed by atoms with Gasteiger partial charge in [0.15, 0.2) is 0 Å². The quantitative estimate of drug-likeness (QED) is 0.806. The van der Waals surface area contributed by atoms with Gasteiger partial charge in [0.1, 0.15) is 0 Å². The molecule has 88 valence electrons. The fraction of sp³-hybridized carbons (Fsp3) is 0.417. The lowest BCUT2D eigenvalue weighted by Crippen LogP contribution is -2.11. The second-order valence-corrected chi connectivity index (χ2v) is 3.87. The van der Waals surface area contributed by atoms with Crippen LogP contribution in [0, 0.1) is 6.92 Å². The van der Waals surface area contributed by atoms with Crippen LogP contribution in [0.3, 0.4) is 0 Å². The number of aryl methyl sites for hydroxylation is 1. The Labute approximate surface area is 101 Å². The monoisotopic (exact) mass is 241 g/mol. The Hall–Kier alpha value is -1.22. The van der Waals surface area contributed by atoms with Crippen LogP contribution in [-0.4, -0.2) is 19.1 Å². The van der Waals surface area contributed by atoms with Gasteiger partial charge in [0.2, 0.25) is 0 Å². The molecule has 0 saturated heterocycles. The largest absolute Gasteiger partial charge is 0.466 e. The molecule has 0 aromatic heterocycles. The van der Waals surface area contributed by atoms with E-state index in [-0.39, 0.29) is 5.97 Å². The van der Waals surface area contributed by atoms with E-state index >= 15 is 0 Å². The molecular formula is C12H16ClNO2. The van der Waals surface area contributed by atoms with Crippen molar-refractivity contribution in [3.63, 3.8) is 0 Å². The smallest absolute Gasteiger partial charge is 0.307 e. The van der Waals surface area contributed by atoms with Crippen molar-refractivity contribution >= 4 is 23.3 Å². The lowest BCUT2D eigenvalue weighted by atomic mass is 10.2. The molecule has 0 amide bonds. The standard InChI is InChI=1S/C12H16ClNO2/c1-3-16-12(15)6-7-14-11-5-4-9(2)8-10(11)13/h4-5,8,14H,3,6-7H2,1-2H3. The minimum atomic E-state index is -0.196. The normalized spacial score (nSPS) is 9.94. The Morgan fingerprint density at radius 2 is 2.25 bits per heavy atom. The third kappa shape index (κ3) is 4.11. The molecule has 0 aliphatic rings. The van der Waals surface area contributed by atoms with E-state index in [0.717, 1.165) is 11.3 Å². The predicted molar refractivity (Wildman–Crippen MR) is 65.9 cm³/mol. The van der Waals surface area contributed by atoms with E-state index in [1.165, 1.54) is 0 Å². The number of hydrogen-bond acceptors (Lipinski definition) is 3. The number of anilines is 1. The molecule has 1 aromatic rings. The molecule has 0 unspecified atom stereocenters. The van der Waals surface area contributed by atoms with E-state index < -0.39 is 0 Å².